The first-order valence-corrected chi connectivity index (χ1v) is 7.18. The predicted molar refractivity (Wildman–Crippen MR) is 84.0 cm³/mol. The highest BCUT2D eigenvalue weighted by Crippen LogP contribution is 1.98. The van der Waals surface area contributed by atoms with Gasteiger partial charge >= 0.3 is 0 Å². The third-order valence-corrected chi connectivity index (χ3v) is 3.08. The van der Waals surface area contributed by atoms with Crippen molar-refractivity contribution in [3.63, 3.8) is 0 Å². The second-order valence-corrected chi connectivity index (χ2v) is 4.66. The number of rotatable bonds is 6. The molecule has 112 valence electrons. The number of hydrogen-bond donors (Lipinski definition) is 2. The summed E-state index contributed by atoms with van der Waals surface area (Å²) in [5, 5.41) is 10.6. The standard InChI is InChI=1S/C15H22N6/c1-3-16-15(18-11-14-19-12-20-21(14)2)17-10-9-13-7-5-4-6-8-13/h4-8,12H,3,9-11H2,1-2H3,(H2,16,17,18). The van der Waals surface area contributed by atoms with Gasteiger partial charge in [-0.25, -0.2) is 9.98 Å². The number of nitrogens with one attached hydrogen (secondary N) is 2. The van der Waals surface area contributed by atoms with E-state index in [2.05, 4.69) is 56.9 Å². The maximum atomic E-state index is 4.52. The molecule has 6 heteroatoms. The van der Waals surface area contributed by atoms with E-state index in [1.54, 1.807) is 11.0 Å². The predicted octanol–water partition coefficient (Wildman–Crippen LogP) is 1.11. The van der Waals surface area contributed by atoms with E-state index in [1.807, 2.05) is 13.1 Å². The lowest BCUT2D eigenvalue weighted by Crippen LogP contribution is -2.38. The van der Waals surface area contributed by atoms with E-state index >= 15 is 0 Å². The minimum atomic E-state index is 0.511. The van der Waals surface area contributed by atoms with Crippen molar-refractivity contribution in [3.05, 3.63) is 48.0 Å². The molecule has 1 aromatic carbocycles. The summed E-state index contributed by atoms with van der Waals surface area (Å²) in [7, 11) is 1.87. The quantitative estimate of drug-likeness (QED) is 0.617. The Labute approximate surface area is 125 Å². The second kappa shape index (κ2) is 8.04. The minimum Gasteiger partial charge on any atom is -0.357 e. The third kappa shape index (κ3) is 4.91. The highest BCUT2D eigenvalue weighted by atomic mass is 15.3. The maximum absolute atomic E-state index is 4.52. The molecule has 0 spiro atoms. The van der Waals surface area contributed by atoms with Gasteiger partial charge in [-0.3, -0.25) is 4.68 Å². The third-order valence-electron chi connectivity index (χ3n) is 3.08. The molecule has 0 aliphatic carbocycles. The Morgan fingerprint density at radius 2 is 2.05 bits per heavy atom. The van der Waals surface area contributed by atoms with E-state index in [0.29, 0.717) is 6.54 Å². The number of guanidine groups is 1. The van der Waals surface area contributed by atoms with Crippen molar-refractivity contribution in [2.45, 2.75) is 19.9 Å². The van der Waals surface area contributed by atoms with Crippen LogP contribution < -0.4 is 10.6 Å². The van der Waals surface area contributed by atoms with E-state index in [0.717, 1.165) is 31.3 Å². The van der Waals surface area contributed by atoms with Crippen LogP contribution in [0.25, 0.3) is 0 Å². The molecule has 21 heavy (non-hydrogen) atoms. The van der Waals surface area contributed by atoms with E-state index < -0.39 is 0 Å². The van der Waals surface area contributed by atoms with Gasteiger partial charge in [-0.1, -0.05) is 30.3 Å². The Hall–Kier alpha value is -2.37. The number of nitrogens with zero attached hydrogens (tertiary/aromatic N) is 4. The Bertz CT molecular complexity index is 561. The molecule has 0 aliphatic heterocycles. The Balaban J connectivity index is 1.85. The molecule has 0 radical (unpaired) electrons. The van der Waals surface area contributed by atoms with Crippen LogP contribution in [0.1, 0.15) is 18.3 Å². The molecular formula is C15H22N6. The molecule has 1 heterocycles. The maximum Gasteiger partial charge on any atom is 0.191 e. The number of benzene rings is 1. The van der Waals surface area contributed by atoms with Gasteiger partial charge in [0.05, 0.1) is 0 Å². The first-order chi connectivity index (χ1) is 10.3. The monoisotopic (exact) mass is 286 g/mol. The summed E-state index contributed by atoms with van der Waals surface area (Å²) in [6.45, 7) is 4.23. The fourth-order valence-electron chi connectivity index (χ4n) is 1.92. The molecule has 0 atom stereocenters. The number of hydrogen-bond acceptors (Lipinski definition) is 3. The van der Waals surface area contributed by atoms with Gasteiger partial charge in [0.25, 0.3) is 0 Å². The van der Waals surface area contributed by atoms with Crippen LogP contribution in [0.15, 0.2) is 41.7 Å². The molecule has 2 N–H and O–H groups in total. The molecule has 1 aromatic heterocycles. The average Bonchev–Trinajstić information content (AvgIpc) is 2.91. The Morgan fingerprint density at radius 3 is 2.71 bits per heavy atom. The van der Waals surface area contributed by atoms with Gasteiger partial charge in [-0.15, -0.1) is 0 Å². The first-order valence-electron chi connectivity index (χ1n) is 7.18. The summed E-state index contributed by atoms with van der Waals surface area (Å²) in [5.41, 5.74) is 1.31. The zero-order valence-electron chi connectivity index (χ0n) is 12.6. The van der Waals surface area contributed by atoms with Gasteiger partial charge in [-0.05, 0) is 18.9 Å². The Kier molecular flexibility index (Phi) is 5.75. The van der Waals surface area contributed by atoms with E-state index in [4.69, 9.17) is 0 Å². The summed E-state index contributed by atoms with van der Waals surface area (Å²) in [5.74, 6) is 1.65. The van der Waals surface area contributed by atoms with Crippen LogP contribution in [-0.4, -0.2) is 33.8 Å². The second-order valence-electron chi connectivity index (χ2n) is 4.66. The van der Waals surface area contributed by atoms with Crippen molar-refractivity contribution in [3.8, 4) is 0 Å². The molecule has 0 amide bonds. The van der Waals surface area contributed by atoms with Crippen LogP contribution in [-0.2, 0) is 20.0 Å². The summed E-state index contributed by atoms with van der Waals surface area (Å²) < 4.78 is 1.73. The van der Waals surface area contributed by atoms with Crippen molar-refractivity contribution in [1.82, 2.24) is 25.4 Å². The van der Waals surface area contributed by atoms with Crippen LogP contribution in [0.4, 0.5) is 0 Å². The van der Waals surface area contributed by atoms with Gasteiger partial charge in [0, 0.05) is 20.1 Å². The van der Waals surface area contributed by atoms with Crippen LogP contribution in [0.5, 0.6) is 0 Å². The zero-order valence-corrected chi connectivity index (χ0v) is 12.6. The molecule has 0 aliphatic rings. The first kappa shape index (κ1) is 15.0. The molecule has 2 aromatic rings. The van der Waals surface area contributed by atoms with Crippen molar-refractivity contribution in [1.29, 1.82) is 0 Å². The van der Waals surface area contributed by atoms with Crippen molar-refractivity contribution >= 4 is 5.96 Å². The molecule has 0 unspecified atom stereocenters. The number of aromatic nitrogens is 3. The summed E-state index contributed by atoms with van der Waals surface area (Å²) in [6.07, 6.45) is 2.51. The zero-order chi connectivity index (χ0) is 14.9. The topological polar surface area (TPSA) is 67.1 Å². The van der Waals surface area contributed by atoms with Gasteiger partial charge in [0.2, 0.25) is 0 Å². The molecule has 0 bridgehead atoms. The van der Waals surface area contributed by atoms with Gasteiger partial charge in [0.1, 0.15) is 18.7 Å². The van der Waals surface area contributed by atoms with Crippen LogP contribution in [0, 0.1) is 0 Å². The molecule has 0 saturated heterocycles. The largest absolute Gasteiger partial charge is 0.357 e. The lowest BCUT2D eigenvalue weighted by Gasteiger charge is -2.11. The molecule has 6 nitrogen and oxygen atoms in total. The summed E-state index contributed by atoms with van der Waals surface area (Å²) >= 11 is 0. The van der Waals surface area contributed by atoms with E-state index in [-0.39, 0.29) is 0 Å². The normalized spacial score (nSPS) is 11.4. The summed E-state index contributed by atoms with van der Waals surface area (Å²) in [6, 6.07) is 10.4. The molecular weight excluding hydrogens is 264 g/mol. The molecule has 2 rings (SSSR count). The number of aliphatic imine (C=N–C) groups is 1. The number of aryl methyl sites for hydroxylation is 1. The average molecular weight is 286 g/mol. The van der Waals surface area contributed by atoms with E-state index in [1.165, 1.54) is 5.56 Å². The van der Waals surface area contributed by atoms with Crippen molar-refractivity contribution in [2.24, 2.45) is 12.0 Å². The van der Waals surface area contributed by atoms with Crippen molar-refractivity contribution in [2.75, 3.05) is 13.1 Å². The summed E-state index contributed by atoms with van der Waals surface area (Å²) in [4.78, 5) is 8.68. The van der Waals surface area contributed by atoms with Crippen LogP contribution in [0.2, 0.25) is 0 Å². The Morgan fingerprint density at radius 1 is 1.24 bits per heavy atom. The van der Waals surface area contributed by atoms with Gasteiger partial charge in [0.15, 0.2) is 5.96 Å². The smallest absolute Gasteiger partial charge is 0.191 e. The highest BCUT2D eigenvalue weighted by Gasteiger charge is 2.01. The highest BCUT2D eigenvalue weighted by molar-refractivity contribution is 5.79. The van der Waals surface area contributed by atoms with Crippen LogP contribution >= 0.6 is 0 Å². The fraction of sp³-hybridized carbons (Fsp3) is 0.400. The lowest BCUT2D eigenvalue weighted by atomic mass is 10.1. The van der Waals surface area contributed by atoms with Crippen molar-refractivity contribution < 1.29 is 0 Å². The molecule has 0 fully saturated rings. The van der Waals surface area contributed by atoms with Crippen LogP contribution in [0.3, 0.4) is 0 Å². The van der Waals surface area contributed by atoms with Gasteiger partial charge in [-0.2, -0.15) is 5.10 Å². The van der Waals surface area contributed by atoms with E-state index in [9.17, 15) is 0 Å². The molecule has 0 saturated carbocycles. The fourth-order valence-corrected chi connectivity index (χ4v) is 1.92. The lowest BCUT2D eigenvalue weighted by molar-refractivity contribution is 0.697. The van der Waals surface area contributed by atoms with Gasteiger partial charge < -0.3 is 10.6 Å². The SMILES string of the molecule is CCNC(=NCc1ncnn1C)NCCc1ccccc1. The minimum absolute atomic E-state index is 0.511.